The van der Waals surface area contributed by atoms with Crippen molar-refractivity contribution in [2.24, 2.45) is 0 Å². The minimum atomic E-state index is 0.0673. The van der Waals surface area contributed by atoms with Crippen LogP contribution in [0.1, 0.15) is 0 Å². The van der Waals surface area contributed by atoms with E-state index < -0.39 is 0 Å². The van der Waals surface area contributed by atoms with Gasteiger partial charge in [0.1, 0.15) is 0 Å². The van der Waals surface area contributed by atoms with E-state index >= 15 is 0 Å². The summed E-state index contributed by atoms with van der Waals surface area (Å²) >= 11 is 0. The van der Waals surface area contributed by atoms with Crippen molar-refractivity contribution < 1.29 is 10.2 Å². The zero-order valence-electron chi connectivity index (χ0n) is 5.77. The quantitative estimate of drug-likeness (QED) is 0.459. The Morgan fingerprint density at radius 2 is 1.50 bits per heavy atom. The normalized spacial score (nSPS) is 12.4. The predicted octanol–water partition coefficient (Wildman–Crippen LogP) is 0.327. The van der Waals surface area contributed by atoms with Crippen molar-refractivity contribution in [3.8, 4) is 0 Å². The molecule has 0 fully saturated rings. The van der Waals surface area contributed by atoms with Crippen LogP contribution in [0.2, 0.25) is 0 Å². The molecule has 0 aromatic heterocycles. The highest BCUT2D eigenvalue weighted by atomic mass is 31.0. The summed E-state index contributed by atoms with van der Waals surface area (Å²) in [5.74, 6) is 0. The fraction of sp³-hybridized carbons (Fsp3) is 0.429. The first-order chi connectivity index (χ1) is 4.81. The van der Waals surface area contributed by atoms with Crippen LogP contribution in [-0.4, -0.2) is 29.1 Å². The molecule has 0 heterocycles. The molecule has 0 aromatic carbocycles. The van der Waals surface area contributed by atoms with Gasteiger partial charge >= 0.3 is 0 Å². The summed E-state index contributed by atoms with van der Waals surface area (Å²) in [6, 6.07) is 0. The first-order valence-electron chi connectivity index (χ1n) is 3.12. The summed E-state index contributed by atoms with van der Waals surface area (Å²) in [4.78, 5) is 0. The van der Waals surface area contributed by atoms with Crippen LogP contribution in [0.5, 0.6) is 0 Å². The highest BCUT2D eigenvalue weighted by Crippen LogP contribution is 2.02. The average molecular weight is 160 g/mol. The molecule has 0 aliphatic carbocycles. The molecule has 0 bridgehead atoms. The Kier molecular flexibility index (Phi) is 6.83. The van der Waals surface area contributed by atoms with E-state index in [4.69, 9.17) is 10.2 Å². The zero-order chi connectivity index (χ0) is 7.82. The second-order valence-electron chi connectivity index (χ2n) is 1.80. The van der Waals surface area contributed by atoms with Gasteiger partial charge in [0.15, 0.2) is 0 Å². The van der Waals surface area contributed by atoms with E-state index in [1.54, 1.807) is 12.2 Å². The molecular formula is C7H13O2P. The number of aliphatic hydroxyl groups is 2. The van der Waals surface area contributed by atoms with Gasteiger partial charge in [-0.25, -0.2) is 0 Å². The molecule has 0 radical (unpaired) electrons. The maximum atomic E-state index is 8.37. The van der Waals surface area contributed by atoms with Crippen LogP contribution in [0.25, 0.3) is 0 Å². The van der Waals surface area contributed by atoms with Crippen molar-refractivity contribution in [2.75, 3.05) is 13.2 Å². The summed E-state index contributed by atoms with van der Waals surface area (Å²) in [5, 5.41) is 16.7. The molecule has 0 saturated carbocycles. The molecule has 0 amide bonds. The van der Waals surface area contributed by atoms with Gasteiger partial charge in [-0.05, 0) is 0 Å². The van der Waals surface area contributed by atoms with Crippen LogP contribution in [0.3, 0.4) is 0 Å². The molecule has 1 atom stereocenters. The highest BCUT2D eigenvalue weighted by Gasteiger charge is 1.86. The van der Waals surface area contributed by atoms with Gasteiger partial charge in [-0.3, -0.25) is 0 Å². The number of hydrogen-bond donors (Lipinski definition) is 2. The summed E-state index contributed by atoms with van der Waals surface area (Å²) < 4.78 is 0. The minimum absolute atomic E-state index is 0.0673. The monoisotopic (exact) mass is 160 g/mol. The maximum absolute atomic E-state index is 8.37. The lowest BCUT2D eigenvalue weighted by Crippen LogP contribution is -1.87. The van der Waals surface area contributed by atoms with Crippen LogP contribution in [0.15, 0.2) is 24.3 Å². The van der Waals surface area contributed by atoms with Crippen molar-refractivity contribution in [3.05, 3.63) is 24.3 Å². The standard InChI is InChI=1S/C7H13O2P/c8-5-1-3-7(10)4-2-6-9/h1-4,7-9H,5-6,10H2/b3-1+,4-2+. The van der Waals surface area contributed by atoms with E-state index in [1.807, 2.05) is 12.2 Å². The van der Waals surface area contributed by atoms with Gasteiger partial charge in [-0.1, -0.05) is 24.3 Å². The van der Waals surface area contributed by atoms with Crippen molar-refractivity contribution in [1.29, 1.82) is 0 Å². The van der Waals surface area contributed by atoms with Gasteiger partial charge in [0.05, 0.1) is 13.2 Å². The maximum Gasteiger partial charge on any atom is 0.0612 e. The van der Waals surface area contributed by atoms with Crippen LogP contribution >= 0.6 is 9.24 Å². The number of allylic oxidation sites excluding steroid dienone is 2. The zero-order valence-corrected chi connectivity index (χ0v) is 6.93. The van der Waals surface area contributed by atoms with Gasteiger partial charge in [0, 0.05) is 5.66 Å². The highest BCUT2D eigenvalue weighted by molar-refractivity contribution is 7.18. The molecular weight excluding hydrogens is 147 g/mol. The SMILES string of the molecule is OC/C=C/C(P)/C=C/CO. The third kappa shape index (κ3) is 5.96. The number of aliphatic hydroxyl groups excluding tert-OH is 2. The smallest absolute Gasteiger partial charge is 0.0612 e. The summed E-state index contributed by atoms with van der Waals surface area (Å²) in [6.45, 7) is 0.135. The Balaban J connectivity index is 3.52. The van der Waals surface area contributed by atoms with Gasteiger partial charge in [0.2, 0.25) is 0 Å². The van der Waals surface area contributed by atoms with E-state index in [0.29, 0.717) is 0 Å². The largest absolute Gasteiger partial charge is 0.392 e. The van der Waals surface area contributed by atoms with Crippen molar-refractivity contribution in [1.82, 2.24) is 0 Å². The van der Waals surface area contributed by atoms with E-state index in [-0.39, 0.29) is 18.9 Å². The van der Waals surface area contributed by atoms with Crippen molar-refractivity contribution in [3.63, 3.8) is 0 Å². The first-order valence-corrected chi connectivity index (χ1v) is 3.78. The molecule has 2 N–H and O–H groups in total. The Morgan fingerprint density at radius 3 is 1.80 bits per heavy atom. The van der Waals surface area contributed by atoms with Crippen LogP contribution in [0.4, 0.5) is 0 Å². The number of hydrogen-bond acceptors (Lipinski definition) is 2. The molecule has 0 saturated heterocycles. The lowest BCUT2D eigenvalue weighted by molar-refractivity contribution is 0.342. The third-order valence-electron chi connectivity index (χ3n) is 0.927. The van der Waals surface area contributed by atoms with Crippen molar-refractivity contribution in [2.45, 2.75) is 5.66 Å². The molecule has 0 spiro atoms. The Morgan fingerprint density at radius 1 is 1.10 bits per heavy atom. The summed E-state index contributed by atoms with van der Waals surface area (Å²) in [5.41, 5.74) is 0.208. The predicted molar refractivity (Wildman–Crippen MR) is 45.9 cm³/mol. The number of rotatable bonds is 4. The second-order valence-corrected chi connectivity index (χ2v) is 2.57. The third-order valence-corrected chi connectivity index (χ3v) is 1.37. The minimum Gasteiger partial charge on any atom is -0.392 e. The first kappa shape index (κ1) is 9.83. The Labute approximate surface area is 63.5 Å². The van der Waals surface area contributed by atoms with Crippen molar-refractivity contribution >= 4 is 9.24 Å². The lowest BCUT2D eigenvalue weighted by Gasteiger charge is -1.94. The second kappa shape index (κ2) is 6.94. The molecule has 10 heavy (non-hydrogen) atoms. The molecule has 3 heteroatoms. The van der Waals surface area contributed by atoms with Crippen LogP contribution < -0.4 is 0 Å². The fourth-order valence-corrected chi connectivity index (χ4v) is 0.814. The van der Waals surface area contributed by atoms with Gasteiger partial charge in [-0.2, -0.15) is 0 Å². The molecule has 2 nitrogen and oxygen atoms in total. The van der Waals surface area contributed by atoms with Crippen LogP contribution in [0, 0.1) is 0 Å². The Hall–Kier alpha value is -0.170. The van der Waals surface area contributed by atoms with Gasteiger partial charge < -0.3 is 10.2 Å². The molecule has 1 unspecified atom stereocenters. The van der Waals surface area contributed by atoms with Gasteiger partial charge in [0.25, 0.3) is 0 Å². The topological polar surface area (TPSA) is 40.5 Å². The average Bonchev–Trinajstić information content (AvgIpc) is 1.97. The Bertz CT molecular complexity index is 107. The molecule has 0 aliphatic rings. The molecule has 58 valence electrons. The lowest BCUT2D eigenvalue weighted by atomic mass is 10.3. The van der Waals surface area contributed by atoms with Gasteiger partial charge in [-0.15, -0.1) is 9.24 Å². The molecule has 0 aromatic rings. The summed E-state index contributed by atoms with van der Waals surface area (Å²) in [6.07, 6.45) is 7.02. The summed E-state index contributed by atoms with van der Waals surface area (Å²) in [7, 11) is 2.56. The van der Waals surface area contributed by atoms with E-state index in [2.05, 4.69) is 9.24 Å². The van der Waals surface area contributed by atoms with E-state index in [9.17, 15) is 0 Å². The fourth-order valence-electron chi connectivity index (χ4n) is 0.500. The molecule has 0 rings (SSSR count). The van der Waals surface area contributed by atoms with E-state index in [0.717, 1.165) is 0 Å². The van der Waals surface area contributed by atoms with E-state index in [1.165, 1.54) is 0 Å². The molecule has 0 aliphatic heterocycles. The van der Waals surface area contributed by atoms with Crippen LogP contribution in [-0.2, 0) is 0 Å².